The van der Waals surface area contributed by atoms with Gasteiger partial charge in [-0.2, -0.15) is 10.4 Å². The number of nitrogens with zero attached hydrogens (tertiary/aromatic N) is 4. The van der Waals surface area contributed by atoms with Crippen LogP contribution in [0.25, 0.3) is 11.3 Å². The smallest absolute Gasteiger partial charge is 0.410 e. The summed E-state index contributed by atoms with van der Waals surface area (Å²) in [5.74, 6) is 0.745. The Morgan fingerprint density at radius 3 is 2.52 bits per heavy atom. The van der Waals surface area contributed by atoms with Crippen molar-refractivity contribution in [1.82, 2.24) is 14.7 Å². The molecule has 1 aromatic carbocycles. The number of amides is 1. The molecule has 0 radical (unpaired) electrons. The van der Waals surface area contributed by atoms with E-state index in [2.05, 4.69) is 13.0 Å². The lowest BCUT2D eigenvalue weighted by atomic mass is 9.80. The minimum atomic E-state index is -0.513. The van der Waals surface area contributed by atoms with Gasteiger partial charge in [0.25, 0.3) is 0 Å². The number of ether oxygens (including phenoxy) is 2. The molecule has 178 valence electrons. The highest BCUT2D eigenvalue weighted by Gasteiger charge is 2.36. The van der Waals surface area contributed by atoms with Crippen LogP contribution < -0.4 is 5.73 Å². The van der Waals surface area contributed by atoms with Crippen molar-refractivity contribution in [3.8, 4) is 17.3 Å². The van der Waals surface area contributed by atoms with Gasteiger partial charge < -0.3 is 20.1 Å². The molecule has 1 aromatic heterocycles. The molecule has 1 fully saturated rings. The molecule has 0 bridgehead atoms. The lowest BCUT2D eigenvalue weighted by Gasteiger charge is -2.39. The molecule has 1 aliphatic rings. The summed E-state index contributed by atoms with van der Waals surface area (Å²) in [5.41, 5.74) is 8.72. The maximum Gasteiger partial charge on any atom is 0.410 e. The van der Waals surface area contributed by atoms with Crippen molar-refractivity contribution in [3.05, 3.63) is 35.4 Å². The average Bonchev–Trinajstić information content (AvgIpc) is 3.04. The van der Waals surface area contributed by atoms with Gasteiger partial charge in [0.15, 0.2) is 0 Å². The molecule has 1 amide bonds. The number of hydrogen-bond donors (Lipinski definition) is 1. The number of carbonyl (C=O) groups is 1. The quantitative estimate of drug-likeness (QED) is 0.618. The summed E-state index contributed by atoms with van der Waals surface area (Å²) in [5, 5.41) is 14.4. The van der Waals surface area contributed by atoms with Gasteiger partial charge in [-0.05, 0) is 51.5 Å². The summed E-state index contributed by atoms with van der Waals surface area (Å²) in [6.07, 6.45) is 2.31. The van der Waals surface area contributed by atoms with Crippen LogP contribution in [0.2, 0.25) is 0 Å². The third-order valence-corrected chi connectivity index (χ3v) is 5.78. The molecule has 3 rings (SSSR count). The maximum absolute atomic E-state index is 12.6. The lowest BCUT2D eigenvalue weighted by molar-refractivity contribution is 0.0160. The lowest BCUT2D eigenvalue weighted by Crippen LogP contribution is -2.43. The Labute approximate surface area is 196 Å². The molecule has 0 unspecified atom stereocenters. The van der Waals surface area contributed by atoms with Crippen molar-refractivity contribution >= 4 is 11.9 Å². The number of nitrogen functional groups attached to an aromatic ring is 1. The summed E-state index contributed by atoms with van der Waals surface area (Å²) in [6, 6.07) is 10.1. The Morgan fingerprint density at radius 1 is 1.30 bits per heavy atom. The predicted octanol–water partition coefficient (Wildman–Crippen LogP) is 4.75. The molecule has 0 aliphatic heterocycles. The van der Waals surface area contributed by atoms with Gasteiger partial charge in [0, 0.05) is 25.8 Å². The second-order valence-corrected chi connectivity index (χ2v) is 9.71. The Bertz CT molecular complexity index is 995. The van der Waals surface area contributed by atoms with Gasteiger partial charge in [-0.3, -0.25) is 0 Å². The second-order valence-electron chi connectivity index (χ2n) is 9.71. The second kappa shape index (κ2) is 10.3. The molecule has 0 atom stereocenters. The summed E-state index contributed by atoms with van der Waals surface area (Å²) in [4.78, 5) is 14.4. The Hall–Kier alpha value is -3.05. The van der Waals surface area contributed by atoms with Crippen LogP contribution in [0.1, 0.15) is 64.1 Å². The highest BCUT2D eigenvalue weighted by atomic mass is 16.6. The van der Waals surface area contributed by atoms with Crippen LogP contribution in [-0.2, 0) is 16.1 Å². The normalized spacial score (nSPS) is 17.8. The topological polar surface area (TPSA) is 106 Å². The van der Waals surface area contributed by atoms with Crippen LogP contribution in [0.15, 0.2) is 24.3 Å². The Morgan fingerprint density at radius 2 is 1.97 bits per heavy atom. The van der Waals surface area contributed by atoms with Crippen LogP contribution in [-0.4, -0.2) is 46.6 Å². The van der Waals surface area contributed by atoms with Gasteiger partial charge >= 0.3 is 6.09 Å². The highest BCUT2D eigenvalue weighted by molar-refractivity contribution is 5.73. The average molecular weight is 454 g/mol. The number of aromatic nitrogens is 2. The summed E-state index contributed by atoms with van der Waals surface area (Å²) >= 11 is 0. The predicted molar refractivity (Wildman–Crippen MR) is 127 cm³/mol. The number of methoxy groups -OCH3 is 1. The fraction of sp³-hybridized carbons (Fsp3) is 0.560. The largest absolute Gasteiger partial charge is 0.444 e. The van der Waals surface area contributed by atoms with Crippen molar-refractivity contribution < 1.29 is 14.3 Å². The van der Waals surface area contributed by atoms with E-state index < -0.39 is 5.60 Å². The first kappa shape index (κ1) is 24.6. The van der Waals surface area contributed by atoms with Gasteiger partial charge in [-0.15, -0.1) is 0 Å². The number of nitrogens with two attached hydrogens (primary N) is 1. The van der Waals surface area contributed by atoms with E-state index >= 15 is 0 Å². The van der Waals surface area contributed by atoms with E-state index in [1.807, 2.05) is 45.0 Å². The summed E-state index contributed by atoms with van der Waals surface area (Å²) in [6.45, 7) is 9.54. The van der Waals surface area contributed by atoms with Crippen LogP contribution in [0, 0.1) is 17.2 Å². The van der Waals surface area contributed by atoms with E-state index in [4.69, 9.17) is 20.3 Å². The molecule has 8 heteroatoms. The van der Waals surface area contributed by atoms with E-state index in [1.54, 1.807) is 16.7 Å². The molecule has 33 heavy (non-hydrogen) atoms. The fourth-order valence-electron chi connectivity index (χ4n) is 4.18. The van der Waals surface area contributed by atoms with Crippen molar-refractivity contribution in [3.63, 3.8) is 0 Å². The first-order valence-electron chi connectivity index (χ1n) is 11.5. The summed E-state index contributed by atoms with van der Waals surface area (Å²) < 4.78 is 12.5. The zero-order valence-electron chi connectivity index (χ0n) is 20.3. The first-order valence-corrected chi connectivity index (χ1v) is 11.5. The number of carbonyl (C=O) groups excluding carboxylic acids is 1. The first-order chi connectivity index (χ1) is 15.7. The molecule has 1 heterocycles. The summed E-state index contributed by atoms with van der Waals surface area (Å²) in [7, 11) is 1.66. The third-order valence-electron chi connectivity index (χ3n) is 5.78. The van der Waals surface area contributed by atoms with Gasteiger partial charge in [0.1, 0.15) is 28.7 Å². The molecule has 0 saturated heterocycles. The van der Waals surface area contributed by atoms with Crippen molar-refractivity contribution in [1.29, 1.82) is 5.26 Å². The number of hydrogen-bond acceptors (Lipinski definition) is 6. The Kier molecular flexibility index (Phi) is 7.65. The minimum absolute atomic E-state index is 0.116. The van der Waals surface area contributed by atoms with Gasteiger partial charge in [0.2, 0.25) is 0 Å². The van der Waals surface area contributed by atoms with Gasteiger partial charge in [-0.25, -0.2) is 9.48 Å². The van der Waals surface area contributed by atoms with E-state index in [1.165, 1.54) is 0 Å². The monoisotopic (exact) mass is 453 g/mol. The van der Waals surface area contributed by atoms with Crippen molar-refractivity contribution in [2.24, 2.45) is 5.92 Å². The standard InChI is InChI=1S/C25H35N5O3/c1-6-11-29(24(31)33-25(2,3)4)15-18-12-20(13-18)30-23(27)21(14-26)22(28-30)19-9-7-17(8-10-19)16-32-5/h7-10,18,20H,6,11-13,15-16,27H2,1-5H3. The van der Waals surface area contributed by atoms with Crippen LogP contribution >= 0.6 is 0 Å². The number of rotatable bonds is 8. The fourth-order valence-corrected chi connectivity index (χ4v) is 4.18. The molecule has 1 aliphatic carbocycles. The van der Waals surface area contributed by atoms with E-state index in [-0.39, 0.29) is 12.1 Å². The maximum atomic E-state index is 12.6. The SMILES string of the molecule is CCCN(CC1CC(n2nc(-c3ccc(COC)cc3)c(C#N)c2N)C1)C(=O)OC(C)(C)C. The number of anilines is 1. The van der Waals surface area contributed by atoms with Gasteiger partial charge in [0.05, 0.1) is 12.6 Å². The number of benzene rings is 1. The molecular weight excluding hydrogens is 418 g/mol. The zero-order chi connectivity index (χ0) is 24.2. The van der Waals surface area contributed by atoms with Crippen molar-refractivity contribution in [2.45, 2.75) is 65.2 Å². The molecule has 0 spiro atoms. The molecule has 2 aromatic rings. The molecule has 8 nitrogen and oxygen atoms in total. The number of nitriles is 1. The highest BCUT2D eigenvalue weighted by Crippen LogP contribution is 2.41. The van der Waals surface area contributed by atoms with Gasteiger partial charge in [-0.1, -0.05) is 31.2 Å². The molecule has 1 saturated carbocycles. The minimum Gasteiger partial charge on any atom is -0.444 e. The van der Waals surface area contributed by atoms with Crippen LogP contribution in [0.3, 0.4) is 0 Å². The molecular formula is C25H35N5O3. The molecule has 2 N–H and O–H groups in total. The van der Waals surface area contributed by atoms with Crippen LogP contribution in [0.5, 0.6) is 0 Å². The van der Waals surface area contributed by atoms with E-state index in [0.717, 1.165) is 30.4 Å². The van der Waals surface area contributed by atoms with E-state index in [9.17, 15) is 10.1 Å². The van der Waals surface area contributed by atoms with Crippen molar-refractivity contribution in [2.75, 3.05) is 25.9 Å². The zero-order valence-corrected chi connectivity index (χ0v) is 20.3. The van der Waals surface area contributed by atoms with E-state index in [0.29, 0.717) is 42.7 Å². The third kappa shape index (κ3) is 5.85. The Balaban J connectivity index is 1.69. The van der Waals surface area contributed by atoms with Crippen LogP contribution in [0.4, 0.5) is 10.6 Å².